The van der Waals surface area contributed by atoms with Gasteiger partial charge in [-0.2, -0.15) is 0 Å². The lowest BCUT2D eigenvalue weighted by Gasteiger charge is -2.36. The number of aryl methyl sites for hydroxylation is 1. The molecule has 0 radical (unpaired) electrons. The normalized spacial score (nSPS) is 20.7. The zero-order valence-corrected chi connectivity index (χ0v) is 13.9. The summed E-state index contributed by atoms with van der Waals surface area (Å²) in [4.78, 5) is 6.84. The SMILES string of the molecule is Cc1ccc(C#Cc2ccc(N3CC(C)OC(C)C3)nc2)cc1. The highest BCUT2D eigenvalue weighted by atomic mass is 16.5. The van der Waals surface area contributed by atoms with Crippen molar-refractivity contribution in [2.24, 2.45) is 0 Å². The van der Waals surface area contributed by atoms with Crippen molar-refractivity contribution >= 4 is 5.82 Å². The number of hydrogen-bond donors (Lipinski definition) is 0. The molecular weight excluding hydrogens is 284 g/mol. The highest BCUT2D eigenvalue weighted by Crippen LogP contribution is 2.18. The van der Waals surface area contributed by atoms with Gasteiger partial charge >= 0.3 is 0 Å². The number of ether oxygens (including phenoxy) is 1. The van der Waals surface area contributed by atoms with Crippen LogP contribution in [0.3, 0.4) is 0 Å². The molecule has 0 bridgehead atoms. The van der Waals surface area contributed by atoms with Crippen molar-refractivity contribution in [2.75, 3.05) is 18.0 Å². The van der Waals surface area contributed by atoms with Gasteiger partial charge in [0.25, 0.3) is 0 Å². The van der Waals surface area contributed by atoms with Crippen LogP contribution >= 0.6 is 0 Å². The highest BCUT2D eigenvalue weighted by Gasteiger charge is 2.22. The highest BCUT2D eigenvalue weighted by molar-refractivity contribution is 5.46. The van der Waals surface area contributed by atoms with Gasteiger partial charge < -0.3 is 9.64 Å². The summed E-state index contributed by atoms with van der Waals surface area (Å²) in [6.45, 7) is 8.04. The van der Waals surface area contributed by atoms with E-state index in [0.29, 0.717) is 0 Å². The maximum atomic E-state index is 5.77. The summed E-state index contributed by atoms with van der Waals surface area (Å²) in [6.07, 6.45) is 2.32. The van der Waals surface area contributed by atoms with Crippen LogP contribution in [0.25, 0.3) is 0 Å². The summed E-state index contributed by atoms with van der Waals surface area (Å²) in [7, 11) is 0. The first-order valence-electron chi connectivity index (χ1n) is 8.05. The molecule has 1 aromatic heterocycles. The van der Waals surface area contributed by atoms with Crippen LogP contribution in [0.4, 0.5) is 5.82 Å². The molecule has 1 saturated heterocycles. The van der Waals surface area contributed by atoms with Crippen LogP contribution in [0.1, 0.15) is 30.5 Å². The fraction of sp³-hybridized carbons (Fsp3) is 0.350. The minimum absolute atomic E-state index is 0.238. The maximum absolute atomic E-state index is 5.77. The molecule has 3 heteroatoms. The quantitative estimate of drug-likeness (QED) is 0.755. The molecule has 3 nitrogen and oxygen atoms in total. The van der Waals surface area contributed by atoms with Gasteiger partial charge in [0, 0.05) is 30.4 Å². The predicted octanol–water partition coefficient (Wildman–Crippen LogP) is 3.40. The van der Waals surface area contributed by atoms with E-state index in [1.807, 2.05) is 30.5 Å². The molecular formula is C20H22N2O. The lowest BCUT2D eigenvalue weighted by molar-refractivity contribution is -0.00545. The second-order valence-corrected chi connectivity index (χ2v) is 6.18. The molecule has 0 aliphatic carbocycles. The minimum atomic E-state index is 0.238. The van der Waals surface area contributed by atoms with Gasteiger partial charge in [-0.15, -0.1) is 0 Å². The van der Waals surface area contributed by atoms with E-state index in [0.717, 1.165) is 30.0 Å². The van der Waals surface area contributed by atoms with E-state index >= 15 is 0 Å². The molecule has 2 unspecified atom stereocenters. The standard InChI is InChI=1S/C20H22N2O/c1-15-4-6-18(7-5-15)8-9-19-10-11-20(21-12-19)22-13-16(2)23-17(3)14-22/h4-7,10-12,16-17H,13-14H2,1-3H3. The third kappa shape index (κ3) is 4.12. The Hall–Kier alpha value is -2.31. The summed E-state index contributed by atoms with van der Waals surface area (Å²) in [5.74, 6) is 7.34. The van der Waals surface area contributed by atoms with Gasteiger partial charge in [0.15, 0.2) is 0 Å². The Morgan fingerprint density at radius 3 is 2.17 bits per heavy atom. The monoisotopic (exact) mass is 306 g/mol. The zero-order valence-electron chi connectivity index (χ0n) is 13.9. The van der Waals surface area contributed by atoms with Crippen molar-refractivity contribution in [1.82, 2.24) is 4.98 Å². The Bertz CT molecular complexity index is 700. The van der Waals surface area contributed by atoms with Gasteiger partial charge in [-0.05, 0) is 45.0 Å². The van der Waals surface area contributed by atoms with Crippen molar-refractivity contribution < 1.29 is 4.74 Å². The lowest BCUT2D eigenvalue weighted by atomic mass is 10.1. The first kappa shape index (κ1) is 15.6. The number of morpholine rings is 1. The average molecular weight is 306 g/mol. The summed E-state index contributed by atoms with van der Waals surface area (Å²) < 4.78 is 5.77. The van der Waals surface area contributed by atoms with Gasteiger partial charge in [0.2, 0.25) is 0 Å². The van der Waals surface area contributed by atoms with E-state index < -0.39 is 0 Å². The molecule has 1 aliphatic rings. The number of benzene rings is 1. The lowest BCUT2D eigenvalue weighted by Crippen LogP contribution is -2.45. The predicted molar refractivity (Wildman–Crippen MR) is 93.6 cm³/mol. The Kier molecular flexibility index (Phi) is 4.64. The Morgan fingerprint density at radius 1 is 0.957 bits per heavy atom. The first-order valence-corrected chi connectivity index (χ1v) is 8.05. The van der Waals surface area contributed by atoms with Crippen LogP contribution in [0, 0.1) is 18.8 Å². The van der Waals surface area contributed by atoms with Crippen LogP contribution in [0.2, 0.25) is 0 Å². The topological polar surface area (TPSA) is 25.4 Å². The Morgan fingerprint density at radius 2 is 1.57 bits per heavy atom. The fourth-order valence-electron chi connectivity index (χ4n) is 2.79. The van der Waals surface area contributed by atoms with E-state index in [9.17, 15) is 0 Å². The summed E-state index contributed by atoms with van der Waals surface area (Å²) in [6, 6.07) is 12.3. The van der Waals surface area contributed by atoms with Crippen molar-refractivity contribution in [1.29, 1.82) is 0 Å². The number of aromatic nitrogens is 1. The number of hydrogen-bond acceptors (Lipinski definition) is 3. The molecule has 1 aliphatic heterocycles. The molecule has 3 rings (SSSR count). The summed E-state index contributed by atoms with van der Waals surface area (Å²) in [5, 5.41) is 0. The van der Waals surface area contributed by atoms with Gasteiger partial charge in [-0.25, -0.2) is 4.98 Å². The van der Waals surface area contributed by atoms with E-state index in [2.05, 4.69) is 54.6 Å². The third-order valence-electron chi connectivity index (χ3n) is 3.89. The molecule has 118 valence electrons. The number of nitrogens with zero attached hydrogens (tertiary/aromatic N) is 2. The molecule has 2 aromatic rings. The van der Waals surface area contributed by atoms with Crippen LogP contribution in [0.15, 0.2) is 42.6 Å². The van der Waals surface area contributed by atoms with Gasteiger partial charge in [0.05, 0.1) is 12.2 Å². The molecule has 0 spiro atoms. The van der Waals surface area contributed by atoms with Crippen molar-refractivity contribution in [3.8, 4) is 11.8 Å². The van der Waals surface area contributed by atoms with Crippen LogP contribution in [0.5, 0.6) is 0 Å². The molecule has 2 atom stereocenters. The second-order valence-electron chi connectivity index (χ2n) is 6.18. The molecule has 0 N–H and O–H groups in total. The van der Waals surface area contributed by atoms with Crippen molar-refractivity contribution in [2.45, 2.75) is 33.0 Å². The molecule has 1 aromatic carbocycles. The molecule has 23 heavy (non-hydrogen) atoms. The van der Waals surface area contributed by atoms with Gasteiger partial charge in [-0.1, -0.05) is 29.5 Å². The largest absolute Gasteiger partial charge is 0.372 e. The van der Waals surface area contributed by atoms with E-state index in [1.54, 1.807) is 0 Å². The fourth-order valence-corrected chi connectivity index (χ4v) is 2.79. The first-order chi connectivity index (χ1) is 11.1. The zero-order chi connectivity index (χ0) is 16.2. The van der Waals surface area contributed by atoms with Gasteiger partial charge in [-0.3, -0.25) is 0 Å². The summed E-state index contributed by atoms with van der Waals surface area (Å²) in [5.41, 5.74) is 3.20. The number of rotatable bonds is 1. The number of anilines is 1. The smallest absolute Gasteiger partial charge is 0.128 e. The Balaban J connectivity index is 1.71. The Labute approximate surface area is 138 Å². The second kappa shape index (κ2) is 6.85. The van der Waals surface area contributed by atoms with Crippen molar-refractivity contribution in [3.05, 3.63) is 59.3 Å². The molecule has 0 amide bonds. The maximum Gasteiger partial charge on any atom is 0.128 e. The number of pyridine rings is 1. The summed E-state index contributed by atoms with van der Waals surface area (Å²) >= 11 is 0. The van der Waals surface area contributed by atoms with E-state index in [1.165, 1.54) is 5.56 Å². The minimum Gasteiger partial charge on any atom is -0.372 e. The average Bonchev–Trinajstić information content (AvgIpc) is 2.54. The van der Waals surface area contributed by atoms with E-state index in [-0.39, 0.29) is 12.2 Å². The molecule has 0 saturated carbocycles. The molecule has 1 fully saturated rings. The molecule has 2 heterocycles. The van der Waals surface area contributed by atoms with Crippen LogP contribution in [-0.4, -0.2) is 30.3 Å². The van der Waals surface area contributed by atoms with Crippen molar-refractivity contribution in [3.63, 3.8) is 0 Å². The third-order valence-corrected chi connectivity index (χ3v) is 3.89. The van der Waals surface area contributed by atoms with Crippen LogP contribution in [-0.2, 0) is 4.74 Å². The van der Waals surface area contributed by atoms with Gasteiger partial charge in [0.1, 0.15) is 5.82 Å². The van der Waals surface area contributed by atoms with Crippen LogP contribution < -0.4 is 4.90 Å². The van der Waals surface area contributed by atoms with E-state index in [4.69, 9.17) is 4.74 Å².